The first-order valence-electron chi connectivity index (χ1n) is 7.98. The Kier molecular flexibility index (Phi) is 5.43. The zero-order valence-electron chi connectivity index (χ0n) is 13.6. The molecule has 0 aliphatic heterocycles. The fourth-order valence-electron chi connectivity index (χ4n) is 2.39. The molecule has 0 aliphatic rings. The summed E-state index contributed by atoms with van der Waals surface area (Å²) in [7, 11) is 0. The van der Waals surface area contributed by atoms with Gasteiger partial charge in [0.2, 0.25) is 0 Å². The van der Waals surface area contributed by atoms with Crippen LogP contribution < -0.4 is 5.32 Å². The minimum absolute atomic E-state index is 0.0119. The Labute approximate surface area is 145 Å². The second-order valence-corrected chi connectivity index (χ2v) is 5.40. The first-order valence-corrected chi connectivity index (χ1v) is 7.98. The van der Waals surface area contributed by atoms with E-state index >= 15 is 0 Å². The van der Waals surface area contributed by atoms with Crippen molar-refractivity contribution >= 4 is 11.7 Å². The fourth-order valence-corrected chi connectivity index (χ4v) is 2.39. The van der Waals surface area contributed by atoms with Crippen LogP contribution in [0.25, 0.3) is 5.69 Å². The van der Waals surface area contributed by atoms with E-state index in [0.29, 0.717) is 17.8 Å². The largest absolute Gasteiger partial charge is 0.457 e. The number of rotatable bonds is 7. The predicted molar refractivity (Wildman–Crippen MR) is 94.7 cm³/mol. The van der Waals surface area contributed by atoms with E-state index in [1.54, 1.807) is 29.1 Å². The van der Waals surface area contributed by atoms with Gasteiger partial charge in [-0.3, -0.25) is 0 Å². The molecule has 128 valence electrons. The molecule has 0 radical (unpaired) electrons. The van der Waals surface area contributed by atoms with Crippen molar-refractivity contribution in [1.29, 1.82) is 0 Å². The molecule has 25 heavy (non-hydrogen) atoms. The van der Waals surface area contributed by atoms with Crippen molar-refractivity contribution in [3.05, 3.63) is 78.1 Å². The molecule has 2 N–H and O–H groups in total. The topological polar surface area (TPSA) is 76.4 Å². The van der Waals surface area contributed by atoms with Crippen LogP contribution >= 0.6 is 0 Å². The molecule has 1 heterocycles. The van der Waals surface area contributed by atoms with Gasteiger partial charge in [-0.05, 0) is 24.3 Å². The summed E-state index contributed by atoms with van der Waals surface area (Å²) >= 11 is 0. The van der Waals surface area contributed by atoms with Crippen LogP contribution in [0.4, 0.5) is 5.69 Å². The number of aliphatic hydroxyl groups excluding tert-OH is 1. The lowest BCUT2D eigenvalue weighted by Gasteiger charge is -2.10. The molecule has 3 rings (SSSR count). The minimum Gasteiger partial charge on any atom is -0.457 e. The SMILES string of the molecule is O=C(OCc1cnn(-c2ccccc2)c1)c1ccccc1NCCO. The number of anilines is 1. The molecular weight excluding hydrogens is 318 g/mol. The summed E-state index contributed by atoms with van der Waals surface area (Å²) < 4.78 is 7.13. The van der Waals surface area contributed by atoms with Crippen molar-refractivity contribution in [3.8, 4) is 5.69 Å². The zero-order valence-corrected chi connectivity index (χ0v) is 13.6. The summed E-state index contributed by atoms with van der Waals surface area (Å²) in [6.07, 6.45) is 3.51. The maximum Gasteiger partial charge on any atom is 0.340 e. The Hall–Kier alpha value is -3.12. The quantitative estimate of drug-likeness (QED) is 0.648. The van der Waals surface area contributed by atoms with Gasteiger partial charge in [-0.1, -0.05) is 30.3 Å². The van der Waals surface area contributed by atoms with Crippen LogP contribution in [-0.4, -0.2) is 34.0 Å². The number of nitrogens with one attached hydrogen (secondary N) is 1. The Balaban J connectivity index is 1.64. The second kappa shape index (κ2) is 8.12. The summed E-state index contributed by atoms with van der Waals surface area (Å²) in [5.74, 6) is -0.423. The van der Waals surface area contributed by atoms with Crippen LogP contribution in [0.5, 0.6) is 0 Å². The van der Waals surface area contributed by atoms with Crippen LogP contribution in [0.1, 0.15) is 15.9 Å². The fraction of sp³-hybridized carbons (Fsp3) is 0.158. The predicted octanol–water partition coefficient (Wildman–Crippen LogP) is 2.63. The minimum atomic E-state index is -0.423. The van der Waals surface area contributed by atoms with Gasteiger partial charge in [-0.2, -0.15) is 5.10 Å². The normalized spacial score (nSPS) is 10.4. The van der Waals surface area contributed by atoms with Gasteiger partial charge < -0.3 is 15.2 Å². The number of carbonyl (C=O) groups is 1. The number of carbonyl (C=O) groups excluding carboxylic acids is 1. The number of hydrogen-bond acceptors (Lipinski definition) is 5. The standard InChI is InChI=1S/C19H19N3O3/c23-11-10-20-18-9-5-4-8-17(18)19(24)25-14-15-12-21-22(13-15)16-6-2-1-3-7-16/h1-9,12-13,20,23H,10-11,14H2. The van der Waals surface area contributed by atoms with Gasteiger partial charge in [0.05, 0.1) is 24.1 Å². The van der Waals surface area contributed by atoms with Crippen LogP contribution in [0.15, 0.2) is 67.0 Å². The molecule has 0 saturated carbocycles. The maximum atomic E-state index is 12.3. The van der Waals surface area contributed by atoms with Crippen LogP contribution in [0.3, 0.4) is 0 Å². The van der Waals surface area contributed by atoms with Gasteiger partial charge in [0.1, 0.15) is 6.61 Å². The number of esters is 1. The van der Waals surface area contributed by atoms with Crippen molar-refractivity contribution in [3.63, 3.8) is 0 Å². The molecule has 0 bridgehead atoms. The average molecular weight is 337 g/mol. The Bertz CT molecular complexity index is 831. The lowest BCUT2D eigenvalue weighted by Crippen LogP contribution is -2.12. The van der Waals surface area contributed by atoms with E-state index in [-0.39, 0.29) is 13.2 Å². The van der Waals surface area contributed by atoms with E-state index in [4.69, 9.17) is 9.84 Å². The van der Waals surface area contributed by atoms with E-state index in [1.807, 2.05) is 42.6 Å². The Morgan fingerprint density at radius 2 is 1.88 bits per heavy atom. The average Bonchev–Trinajstić information content (AvgIpc) is 3.14. The maximum absolute atomic E-state index is 12.3. The van der Waals surface area contributed by atoms with Crippen molar-refractivity contribution < 1.29 is 14.6 Å². The Morgan fingerprint density at radius 3 is 2.68 bits per heavy atom. The zero-order chi connectivity index (χ0) is 17.5. The molecule has 2 aromatic carbocycles. The molecule has 0 amide bonds. The van der Waals surface area contributed by atoms with Crippen LogP contribution in [0, 0.1) is 0 Å². The summed E-state index contributed by atoms with van der Waals surface area (Å²) in [5.41, 5.74) is 2.82. The van der Waals surface area contributed by atoms with E-state index < -0.39 is 5.97 Å². The highest BCUT2D eigenvalue weighted by atomic mass is 16.5. The van der Waals surface area contributed by atoms with Gasteiger partial charge in [0, 0.05) is 24.0 Å². The molecule has 0 unspecified atom stereocenters. The van der Waals surface area contributed by atoms with Gasteiger partial charge in [-0.15, -0.1) is 0 Å². The summed E-state index contributed by atoms with van der Waals surface area (Å²) in [4.78, 5) is 12.3. The molecule has 0 spiro atoms. The van der Waals surface area contributed by atoms with E-state index in [0.717, 1.165) is 11.3 Å². The number of aliphatic hydroxyl groups is 1. The Morgan fingerprint density at radius 1 is 1.12 bits per heavy atom. The van der Waals surface area contributed by atoms with Gasteiger partial charge in [-0.25, -0.2) is 9.48 Å². The highest BCUT2D eigenvalue weighted by molar-refractivity contribution is 5.95. The van der Waals surface area contributed by atoms with Gasteiger partial charge in [0.15, 0.2) is 0 Å². The van der Waals surface area contributed by atoms with Crippen LogP contribution in [0.2, 0.25) is 0 Å². The second-order valence-electron chi connectivity index (χ2n) is 5.40. The molecule has 3 aromatic rings. The molecule has 0 atom stereocenters. The van der Waals surface area contributed by atoms with Gasteiger partial charge >= 0.3 is 5.97 Å². The number of aromatic nitrogens is 2. The highest BCUT2D eigenvalue weighted by Gasteiger charge is 2.13. The summed E-state index contributed by atoms with van der Waals surface area (Å²) in [5, 5.41) is 16.2. The van der Waals surface area contributed by atoms with Crippen molar-refractivity contribution in [2.45, 2.75) is 6.61 Å². The number of benzene rings is 2. The summed E-state index contributed by atoms with van der Waals surface area (Å²) in [6, 6.07) is 16.8. The molecule has 0 saturated heterocycles. The number of hydrogen-bond donors (Lipinski definition) is 2. The van der Waals surface area contributed by atoms with E-state index in [1.165, 1.54) is 0 Å². The van der Waals surface area contributed by atoms with Crippen molar-refractivity contribution in [2.24, 2.45) is 0 Å². The first kappa shape index (κ1) is 16.7. The molecule has 6 heteroatoms. The first-order chi connectivity index (χ1) is 12.3. The molecule has 6 nitrogen and oxygen atoms in total. The third-order valence-electron chi connectivity index (χ3n) is 3.60. The number of ether oxygens (including phenoxy) is 1. The highest BCUT2D eigenvalue weighted by Crippen LogP contribution is 2.17. The molecule has 1 aromatic heterocycles. The van der Waals surface area contributed by atoms with E-state index in [9.17, 15) is 4.79 Å². The molecular formula is C19H19N3O3. The third kappa shape index (κ3) is 4.24. The van der Waals surface area contributed by atoms with Gasteiger partial charge in [0.25, 0.3) is 0 Å². The number of para-hydroxylation sites is 2. The lowest BCUT2D eigenvalue weighted by molar-refractivity contribution is 0.0474. The van der Waals surface area contributed by atoms with Crippen LogP contribution in [-0.2, 0) is 11.3 Å². The monoisotopic (exact) mass is 337 g/mol. The third-order valence-corrected chi connectivity index (χ3v) is 3.60. The van der Waals surface area contributed by atoms with E-state index in [2.05, 4.69) is 10.4 Å². The lowest BCUT2D eigenvalue weighted by atomic mass is 10.2. The number of nitrogens with zero attached hydrogens (tertiary/aromatic N) is 2. The molecule has 0 fully saturated rings. The smallest absolute Gasteiger partial charge is 0.340 e. The molecule has 0 aliphatic carbocycles. The summed E-state index contributed by atoms with van der Waals surface area (Å²) in [6.45, 7) is 0.496. The van der Waals surface area contributed by atoms with Crippen molar-refractivity contribution in [1.82, 2.24) is 9.78 Å². The van der Waals surface area contributed by atoms with Crippen molar-refractivity contribution in [2.75, 3.05) is 18.5 Å².